The summed E-state index contributed by atoms with van der Waals surface area (Å²) in [7, 11) is 1.84. The van der Waals surface area contributed by atoms with Crippen LogP contribution < -0.4 is 10.6 Å². The average molecular weight is 370 g/mol. The van der Waals surface area contributed by atoms with Crippen molar-refractivity contribution in [2.45, 2.75) is 26.2 Å². The maximum atomic E-state index is 6.04. The molecular weight excluding hydrogens is 352 g/mol. The van der Waals surface area contributed by atoms with Gasteiger partial charge in [0.2, 0.25) is 0 Å². The SMILES string of the molecule is CNc1cc(Nc2cc(Cl)ccc2Br)nc(C(C)(C)C)n1. The van der Waals surface area contributed by atoms with Crippen LogP contribution in [-0.4, -0.2) is 17.0 Å². The van der Waals surface area contributed by atoms with Gasteiger partial charge in [-0.15, -0.1) is 0 Å². The van der Waals surface area contributed by atoms with E-state index in [1.54, 1.807) is 0 Å². The van der Waals surface area contributed by atoms with Gasteiger partial charge in [0.05, 0.1) is 5.69 Å². The zero-order chi connectivity index (χ0) is 15.6. The van der Waals surface area contributed by atoms with Crippen molar-refractivity contribution in [3.8, 4) is 0 Å². The fourth-order valence-corrected chi connectivity index (χ4v) is 2.22. The van der Waals surface area contributed by atoms with Crippen molar-refractivity contribution in [1.29, 1.82) is 0 Å². The fourth-order valence-electron chi connectivity index (χ4n) is 1.71. The second-order valence-corrected chi connectivity index (χ2v) is 7.00. The van der Waals surface area contributed by atoms with E-state index in [1.165, 1.54) is 0 Å². The Hall–Kier alpha value is -1.33. The van der Waals surface area contributed by atoms with Crippen LogP contribution in [-0.2, 0) is 5.41 Å². The Morgan fingerprint density at radius 2 is 1.76 bits per heavy atom. The van der Waals surface area contributed by atoms with E-state index in [-0.39, 0.29) is 5.41 Å². The maximum Gasteiger partial charge on any atom is 0.138 e. The molecule has 0 radical (unpaired) electrons. The molecule has 1 aromatic carbocycles. The van der Waals surface area contributed by atoms with Crippen molar-refractivity contribution in [2.75, 3.05) is 17.7 Å². The van der Waals surface area contributed by atoms with Crippen LogP contribution in [0.25, 0.3) is 0 Å². The van der Waals surface area contributed by atoms with E-state index in [0.29, 0.717) is 5.02 Å². The number of rotatable bonds is 3. The van der Waals surface area contributed by atoms with Crippen molar-refractivity contribution in [3.63, 3.8) is 0 Å². The van der Waals surface area contributed by atoms with Crippen LogP contribution in [0, 0.1) is 0 Å². The van der Waals surface area contributed by atoms with Crippen LogP contribution in [0.4, 0.5) is 17.3 Å². The van der Waals surface area contributed by atoms with Crippen LogP contribution in [0.15, 0.2) is 28.7 Å². The molecule has 112 valence electrons. The minimum atomic E-state index is -0.130. The molecule has 0 amide bonds. The van der Waals surface area contributed by atoms with Gasteiger partial charge in [-0.2, -0.15) is 0 Å². The highest BCUT2D eigenvalue weighted by molar-refractivity contribution is 9.10. The summed E-state index contributed by atoms with van der Waals surface area (Å²) in [5.41, 5.74) is 0.734. The lowest BCUT2D eigenvalue weighted by atomic mass is 9.96. The first kappa shape index (κ1) is 16.0. The number of anilines is 3. The van der Waals surface area contributed by atoms with Gasteiger partial charge < -0.3 is 10.6 Å². The van der Waals surface area contributed by atoms with E-state index in [9.17, 15) is 0 Å². The molecule has 4 nitrogen and oxygen atoms in total. The van der Waals surface area contributed by atoms with E-state index in [4.69, 9.17) is 11.6 Å². The van der Waals surface area contributed by atoms with E-state index in [0.717, 1.165) is 27.6 Å². The molecule has 2 aromatic rings. The summed E-state index contributed by atoms with van der Waals surface area (Å²) >= 11 is 9.54. The second-order valence-electron chi connectivity index (χ2n) is 5.71. The van der Waals surface area contributed by atoms with Gasteiger partial charge in [-0.25, -0.2) is 9.97 Å². The minimum Gasteiger partial charge on any atom is -0.373 e. The normalized spacial score (nSPS) is 11.3. The topological polar surface area (TPSA) is 49.8 Å². The standard InChI is InChI=1S/C15H18BrClN4/c1-15(2,3)14-20-12(18-4)8-13(21-14)19-11-7-9(17)5-6-10(11)16/h5-8H,1-4H3,(H2,18,19,20,21). The first-order chi connectivity index (χ1) is 9.79. The van der Waals surface area contributed by atoms with Gasteiger partial charge in [-0.05, 0) is 34.1 Å². The number of benzene rings is 1. The van der Waals surface area contributed by atoms with E-state index >= 15 is 0 Å². The summed E-state index contributed by atoms with van der Waals surface area (Å²) < 4.78 is 0.925. The zero-order valence-corrected chi connectivity index (χ0v) is 14.8. The Bertz CT molecular complexity index is 653. The quantitative estimate of drug-likeness (QED) is 0.801. The second kappa shape index (κ2) is 6.20. The fraction of sp³-hybridized carbons (Fsp3) is 0.333. The Balaban J connectivity index is 2.42. The molecule has 21 heavy (non-hydrogen) atoms. The van der Waals surface area contributed by atoms with Crippen molar-refractivity contribution >= 4 is 44.9 Å². The van der Waals surface area contributed by atoms with Gasteiger partial charge in [0.15, 0.2) is 0 Å². The predicted molar refractivity (Wildman–Crippen MR) is 92.7 cm³/mol. The Morgan fingerprint density at radius 3 is 2.38 bits per heavy atom. The van der Waals surface area contributed by atoms with Gasteiger partial charge in [0, 0.05) is 28.0 Å². The monoisotopic (exact) mass is 368 g/mol. The van der Waals surface area contributed by atoms with Crippen LogP contribution in [0.2, 0.25) is 5.02 Å². The Kier molecular flexibility index (Phi) is 4.74. The third-order valence-corrected chi connectivity index (χ3v) is 3.77. The lowest BCUT2D eigenvalue weighted by Crippen LogP contribution is -2.17. The van der Waals surface area contributed by atoms with E-state index in [1.807, 2.05) is 31.3 Å². The smallest absolute Gasteiger partial charge is 0.138 e. The third-order valence-electron chi connectivity index (χ3n) is 2.84. The number of nitrogens with zero attached hydrogens (tertiary/aromatic N) is 2. The molecule has 2 N–H and O–H groups in total. The molecule has 1 heterocycles. The molecule has 0 spiro atoms. The molecule has 0 aliphatic rings. The van der Waals surface area contributed by atoms with Crippen molar-refractivity contribution in [1.82, 2.24) is 9.97 Å². The number of hydrogen-bond acceptors (Lipinski definition) is 4. The van der Waals surface area contributed by atoms with E-state index < -0.39 is 0 Å². The predicted octanol–water partition coefficient (Wildman–Crippen LogP) is 4.98. The largest absolute Gasteiger partial charge is 0.373 e. The lowest BCUT2D eigenvalue weighted by molar-refractivity contribution is 0.547. The molecule has 0 saturated carbocycles. The summed E-state index contributed by atoms with van der Waals surface area (Å²) in [6, 6.07) is 7.44. The van der Waals surface area contributed by atoms with Gasteiger partial charge >= 0.3 is 0 Å². The molecule has 6 heteroatoms. The summed E-state index contributed by atoms with van der Waals surface area (Å²) in [6.45, 7) is 6.25. The number of halogens is 2. The lowest BCUT2D eigenvalue weighted by Gasteiger charge is -2.19. The Morgan fingerprint density at radius 1 is 1.10 bits per heavy atom. The summed E-state index contributed by atoms with van der Waals surface area (Å²) in [6.07, 6.45) is 0. The molecule has 0 saturated heterocycles. The molecule has 2 rings (SSSR count). The van der Waals surface area contributed by atoms with Crippen LogP contribution in [0.5, 0.6) is 0 Å². The third kappa shape index (κ3) is 4.08. The van der Waals surface area contributed by atoms with Crippen LogP contribution in [0.1, 0.15) is 26.6 Å². The van der Waals surface area contributed by atoms with Crippen LogP contribution in [0.3, 0.4) is 0 Å². The number of hydrogen-bond donors (Lipinski definition) is 2. The highest BCUT2D eigenvalue weighted by Crippen LogP contribution is 2.30. The highest BCUT2D eigenvalue weighted by atomic mass is 79.9. The Labute approximate surface area is 138 Å². The van der Waals surface area contributed by atoms with Crippen molar-refractivity contribution in [2.24, 2.45) is 0 Å². The van der Waals surface area contributed by atoms with Gasteiger partial charge in [-0.1, -0.05) is 32.4 Å². The molecule has 0 aliphatic heterocycles. The van der Waals surface area contributed by atoms with Gasteiger partial charge in [0.1, 0.15) is 17.5 Å². The van der Waals surface area contributed by atoms with Gasteiger partial charge in [0.25, 0.3) is 0 Å². The zero-order valence-electron chi connectivity index (χ0n) is 12.5. The molecule has 0 unspecified atom stereocenters. The average Bonchev–Trinajstić information content (AvgIpc) is 2.41. The molecule has 1 aromatic heterocycles. The van der Waals surface area contributed by atoms with E-state index in [2.05, 4.69) is 57.3 Å². The molecule has 0 atom stereocenters. The van der Waals surface area contributed by atoms with Crippen molar-refractivity contribution < 1.29 is 0 Å². The summed E-state index contributed by atoms with van der Waals surface area (Å²) in [5, 5.41) is 7.01. The number of nitrogens with one attached hydrogen (secondary N) is 2. The summed E-state index contributed by atoms with van der Waals surface area (Å²) in [4.78, 5) is 9.10. The molecule has 0 aliphatic carbocycles. The first-order valence-electron chi connectivity index (χ1n) is 6.59. The first-order valence-corrected chi connectivity index (χ1v) is 7.76. The molecule has 0 fully saturated rings. The maximum absolute atomic E-state index is 6.04. The molecular formula is C15H18BrClN4. The van der Waals surface area contributed by atoms with Gasteiger partial charge in [-0.3, -0.25) is 0 Å². The minimum absolute atomic E-state index is 0.130. The van der Waals surface area contributed by atoms with Crippen LogP contribution >= 0.6 is 27.5 Å². The highest BCUT2D eigenvalue weighted by Gasteiger charge is 2.19. The van der Waals surface area contributed by atoms with Crippen molar-refractivity contribution in [3.05, 3.63) is 39.6 Å². The summed E-state index contributed by atoms with van der Waals surface area (Å²) in [5.74, 6) is 2.27. The number of aromatic nitrogens is 2. The molecule has 0 bridgehead atoms.